The lowest BCUT2D eigenvalue weighted by atomic mass is 10.1. The van der Waals surface area contributed by atoms with E-state index in [0.717, 1.165) is 22.8 Å². The van der Waals surface area contributed by atoms with Gasteiger partial charge in [0.05, 0.1) is 12.1 Å². The Balaban J connectivity index is 2.37. The van der Waals surface area contributed by atoms with Crippen LogP contribution in [0.15, 0.2) is 24.3 Å². The number of carboxylic acids is 1. The van der Waals surface area contributed by atoms with Crippen molar-refractivity contribution in [1.82, 2.24) is 9.55 Å². The van der Waals surface area contributed by atoms with Crippen LogP contribution in [0.25, 0.3) is 11.3 Å². The van der Waals surface area contributed by atoms with Crippen molar-refractivity contribution in [3.63, 3.8) is 0 Å². The Labute approximate surface area is 112 Å². The Bertz CT molecular complexity index is 615. The first-order chi connectivity index (χ1) is 8.99. The maximum atomic E-state index is 10.7. The van der Waals surface area contributed by atoms with Gasteiger partial charge in [-0.05, 0) is 19.9 Å². The van der Waals surface area contributed by atoms with E-state index in [0.29, 0.717) is 6.42 Å². The van der Waals surface area contributed by atoms with E-state index in [9.17, 15) is 4.79 Å². The molecule has 1 N–H and O–H groups in total. The highest BCUT2D eigenvalue weighted by atomic mass is 16.4. The normalized spacial score (nSPS) is 10.7. The fourth-order valence-electron chi connectivity index (χ4n) is 2.15. The zero-order chi connectivity index (χ0) is 14.0. The average molecular weight is 258 g/mol. The second kappa shape index (κ2) is 5.26. The molecule has 2 rings (SSSR count). The highest BCUT2D eigenvalue weighted by Gasteiger charge is 2.13. The van der Waals surface area contributed by atoms with E-state index in [-0.39, 0.29) is 6.42 Å². The molecule has 1 aromatic carbocycles. The van der Waals surface area contributed by atoms with Crippen molar-refractivity contribution in [2.24, 2.45) is 7.05 Å². The van der Waals surface area contributed by atoms with Crippen LogP contribution in [-0.4, -0.2) is 20.6 Å². The molecule has 19 heavy (non-hydrogen) atoms. The molecule has 0 atom stereocenters. The van der Waals surface area contributed by atoms with Crippen LogP contribution in [0.5, 0.6) is 0 Å². The second-order valence-electron chi connectivity index (χ2n) is 4.78. The third-order valence-electron chi connectivity index (χ3n) is 3.33. The minimum atomic E-state index is -0.794. The molecule has 0 radical (unpaired) electrons. The Hall–Kier alpha value is -2.10. The van der Waals surface area contributed by atoms with Crippen molar-refractivity contribution >= 4 is 5.97 Å². The van der Waals surface area contributed by atoms with Crippen LogP contribution in [-0.2, 0) is 18.3 Å². The van der Waals surface area contributed by atoms with Crippen molar-refractivity contribution < 1.29 is 9.90 Å². The number of hydrogen-bond donors (Lipinski definition) is 1. The zero-order valence-corrected chi connectivity index (χ0v) is 11.5. The van der Waals surface area contributed by atoms with Crippen molar-refractivity contribution in [2.75, 3.05) is 0 Å². The van der Waals surface area contributed by atoms with Gasteiger partial charge in [-0.15, -0.1) is 0 Å². The van der Waals surface area contributed by atoms with Gasteiger partial charge in [0.25, 0.3) is 0 Å². The topological polar surface area (TPSA) is 55.1 Å². The number of aromatic nitrogens is 2. The third-order valence-corrected chi connectivity index (χ3v) is 3.33. The van der Waals surface area contributed by atoms with Gasteiger partial charge in [-0.3, -0.25) is 4.79 Å². The van der Waals surface area contributed by atoms with Gasteiger partial charge in [-0.2, -0.15) is 0 Å². The molecular formula is C15H18N2O2. The van der Waals surface area contributed by atoms with Crippen LogP contribution in [0.4, 0.5) is 0 Å². The molecule has 0 saturated carbocycles. The summed E-state index contributed by atoms with van der Waals surface area (Å²) in [6, 6.07) is 8.18. The van der Waals surface area contributed by atoms with E-state index >= 15 is 0 Å². The summed E-state index contributed by atoms with van der Waals surface area (Å²) in [5.74, 6) is 0.0224. The minimum absolute atomic E-state index is 0.109. The first kappa shape index (κ1) is 13.3. The van der Waals surface area contributed by atoms with Crippen LogP contribution in [0.1, 0.15) is 23.5 Å². The standard InChI is InChI=1S/C15H18N2O2/c1-10-5-4-6-12(9-10)15-11(2)17(3)13(16-15)7-8-14(18)19/h4-6,9H,7-8H2,1-3H3,(H,18,19). The smallest absolute Gasteiger partial charge is 0.303 e. The van der Waals surface area contributed by atoms with E-state index in [2.05, 4.69) is 11.1 Å². The van der Waals surface area contributed by atoms with Gasteiger partial charge in [0, 0.05) is 24.7 Å². The molecule has 0 amide bonds. The molecule has 0 bridgehead atoms. The van der Waals surface area contributed by atoms with Crippen LogP contribution < -0.4 is 0 Å². The number of carbonyl (C=O) groups is 1. The van der Waals surface area contributed by atoms with Crippen molar-refractivity contribution in [3.8, 4) is 11.3 Å². The van der Waals surface area contributed by atoms with Gasteiger partial charge in [-0.1, -0.05) is 23.8 Å². The van der Waals surface area contributed by atoms with Crippen LogP contribution in [0, 0.1) is 13.8 Å². The van der Waals surface area contributed by atoms with E-state index in [1.165, 1.54) is 5.56 Å². The molecule has 0 saturated heterocycles. The number of rotatable bonds is 4. The van der Waals surface area contributed by atoms with E-state index in [1.54, 1.807) is 0 Å². The lowest BCUT2D eigenvalue weighted by Crippen LogP contribution is -2.03. The van der Waals surface area contributed by atoms with E-state index in [4.69, 9.17) is 5.11 Å². The number of nitrogens with zero attached hydrogens (tertiary/aromatic N) is 2. The van der Waals surface area contributed by atoms with Gasteiger partial charge < -0.3 is 9.67 Å². The van der Waals surface area contributed by atoms with Crippen LogP contribution >= 0.6 is 0 Å². The summed E-state index contributed by atoms with van der Waals surface area (Å²) >= 11 is 0. The van der Waals surface area contributed by atoms with Crippen LogP contribution in [0.2, 0.25) is 0 Å². The lowest BCUT2D eigenvalue weighted by molar-refractivity contribution is -0.137. The molecule has 2 aromatic rings. The molecule has 1 aromatic heterocycles. The predicted molar refractivity (Wildman–Crippen MR) is 74.1 cm³/mol. The predicted octanol–water partition coefficient (Wildman–Crippen LogP) is 2.72. The zero-order valence-electron chi connectivity index (χ0n) is 11.5. The summed E-state index contributed by atoms with van der Waals surface area (Å²) in [5.41, 5.74) is 4.27. The number of aryl methyl sites for hydroxylation is 2. The molecule has 0 fully saturated rings. The number of benzene rings is 1. The fraction of sp³-hybridized carbons (Fsp3) is 0.333. The van der Waals surface area contributed by atoms with Gasteiger partial charge in [-0.25, -0.2) is 4.98 Å². The minimum Gasteiger partial charge on any atom is -0.481 e. The highest BCUT2D eigenvalue weighted by Crippen LogP contribution is 2.24. The molecule has 0 spiro atoms. The Morgan fingerprint density at radius 3 is 2.74 bits per heavy atom. The quantitative estimate of drug-likeness (QED) is 0.917. The Kier molecular flexibility index (Phi) is 3.69. The van der Waals surface area contributed by atoms with Crippen LogP contribution in [0.3, 0.4) is 0 Å². The van der Waals surface area contributed by atoms with Gasteiger partial charge in [0.15, 0.2) is 0 Å². The average Bonchev–Trinajstić information content (AvgIpc) is 2.64. The van der Waals surface area contributed by atoms with Gasteiger partial charge in [0.1, 0.15) is 5.82 Å². The molecule has 4 nitrogen and oxygen atoms in total. The summed E-state index contributed by atoms with van der Waals surface area (Å²) in [6.45, 7) is 4.06. The number of carboxylic acid groups (broad SMARTS) is 1. The van der Waals surface area contributed by atoms with Crippen molar-refractivity contribution in [1.29, 1.82) is 0 Å². The van der Waals surface area contributed by atoms with E-state index in [1.807, 2.05) is 43.7 Å². The Morgan fingerprint density at radius 1 is 1.37 bits per heavy atom. The first-order valence-corrected chi connectivity index (χ1v) is 6.30. The molecule has 0 aliphatic carbocycles. The monoisotopic (exact) mass is 258 g/mol. The summed E-state index contributed by atoms with van der Waals surface area (Å²) < 4.78 is 1.97. The molecular weight excluding hydrogens is 240 g/mol. The summed E-state index contributed by atoms with van der Waals surface area (Å²) in [5, 5.41) is 8.76. The number of imidazole rings is 1. The molecule has 0 unspecified atom stereocenters. The summed E-state index contributed by atoms with van der Waals surface area (Å²) in [6.07, 6.45) is 0.566. The maximum Gasteiger partial charge on any atom is 0.303 e. The highest BCUT2D eigenvalue weighted by molar-refractivity contribution is 5.67. The van der Waals surface area contributed by atoms with Gasteiger partial charge in [0.2, 0.25) is 0 Å². The molecule has 4 heteroatoms. The fourth-order valence-corrected chi connectivity index (χ4v) is 2.15. The number of hydrogen-bond acceptors (Lipinski definition) is 2. The van der Waals surface area contributed by atoms with Gasteiger partial charge >= 0.3 is 5.97 Å². The Morgan fingerprint density at radius 2 is 2.11 bits per heavy atom. The first-order valence-electron chi connectivity index (χ1n) is 6.30. The third kappa shape index (κ3) is 2.84. The van der Waals surface area contributed by atoms with Crippen molar-refractivity contribution in [3.05, 3.63) is 41.3 Å². The maximum absolute atomic E-state index is 10.7. The van der Waals surface area contributed by atoms with Crippen molar-refractivity contribution in [2.45, 2.75) is 26.7 Å². The molecule has 0 aliphatic heterocycles. The number of aliphatic carboxylic acids is 1. The SMILES string of the molecule is Cc1cccc(-c2nc(CCC(=O)O)n(C)c2C)c1. The second-order valence-corrected chi connectivity index (χ2v) is 4.78. The molecule has 0 aliphatic rings. The largest absolute Gasteiger partial charge is 0.481 e. The molecule has 100 valence electrons. The van der Waals surface area contributed by atoms with E-state index < -0.39 is 5.97 Å². The summed E-state index contributed by atoms with van der Waals surface area (Å²) in [7, 11) is 1.93. The summed E-state index contributed by atoms with van der Waals surface area (Å²) in [4.78, 5) is 15.2. The lowest BCUT2D eigenvalue weighted by Gasteiger charge is -2.02. The molecule has 1 heterocycles.